The average molecular weight is 392 g/mol. The molecule has 0 saturated carbocycles. The second-order valence-electron chi connectivity index (χ2n) is 6.73. The molecular formula is C22H20N2O5. The number of fused-ring (bicyclic) bond motifs is 1. The van der Waals surface area contributed by atoms with Crippen molar-refractivity contribution >= 4 is 17.6 Å². The van der Waals surface area contributed by atoms with Gasteiger partial charge in [0.1, 0.15) is 17.1 Å². The Kier molecular flexibility index (Phi) is 4.72. The molecule has 2 aromatic carbocycles. The Morgan fingerprint density at radius 1 is 1.14 bits per heavy atom. The Morgan fingerprint density at radius 2 is 1.90 bits per heavy atom. The van der Waals surface area contributed by atoms with Crippen LogP contribution in [0.3, 0.4) is 0 Å². The molecule has 7 heteroatoms. The number of aromatic nitrogens is 1. The number of carboxylic acid groups (broad SMARTS) is 1. The highest BCUT2D eigenvalue weighted by Crippen LogP contribution is 2.44. The van der Waals surface area contributed by atoms with Crippen LogP contribution in [0.25, 0.3) is 5.69 Å². The van der Waals surface area contributed by atoms with Gasteiger partial charge >= 0.3 is 5.97 Å². The highest BCUT2D eigenvalue weighted by atomic mass is 16.5. The van der Waals surface area contributed by atoms with Crippen LogP contribution >= 0.6 is 0 Å². The Hall–Kier alpha value is -3.74. The van der Waals surface area contributed by atoms with Crippen LogP contribution in [0.15, 0.2) is 54.7 Å². The van der Waals surface area contributed by atoms with Crippen molar-refractivity contribution in [2.75, 3.05) is 19.5 Å². The molecular weight excluding hydrogens is 372 g/mol. The summed E-state index contributed by atoms with van der Waals surface area (Å²) in [6, 6.07) is 14.9. The second kappa shape index (κ2) is 7.35. The maximum atomic E-state index is 12.5. The summed E-state index contributed by atoms with van der Waals surface area (Å²) in [6.45, 7) is 0. The molecule has 1 aliphatic rings. The van der Waals surface area contributed by atoms with E-state index in [2.05, 4.69) is 5.32 Å². The van der Waals surface area contributed by atoms with Gasteiger partial charge in [-0.2, -0.15) is 0 Å². The lowest BCUT2D eigenvalue weighted by Crippen LogP contribution is -2.25. The van der Waals surface area contributed by atoms with Crippen LogP contribution in [0, 0.1) is 0 Å². The number of anilines is 1. The molecule has 7 nitrogen and oxygen atoms in total. The number of nitrogens with zero attached hydrogens (tertiary/aromatic N) is 1. The number of carboxylic acids is 1. The van der Waals surface area contributed by atoms with Crippen LogP contribution in [0.4, 0.5) is 5.69 Å². The number of para-hydroxylation sites is 1. The zero-order valence-corrected chi connectivity index (χ0v) is 16.0. The van der Waals surface area contributed by atoms with E-state index in [0.717, 1.165) is 11.3 Å². The van der Waals surface area contributed by atoms with Crippen LogP contribution in [-0.2, 0) is 4.79 Å². The maximum Gasteiger partial charge on any atom is 0.339 e. The molecule has 1 amide bonds. The molecule has 1 aliphatic heterocycles. The number of carbonyl (C=O) groups is 2. The zero-order valence-electron chi connectivity index (χ0n) is 16.0. The Morgan fingerprint density at radius 3 is 2.55 bits per heavy atom. The molecule has 1 atom stereocenters. The molecule has 4 rings (SSSR count). The minimum atomic E-state index is -1.10. The fourth-order valence-corrected chi connectivity index (χ4v) is 3.80. The first-order valence-corrected chi connectivity index (χ1v) is 9.09. The first-order chi connectivity index (χ1) is 14.0. The quantitative estimate of drug-likeness (QED) is 0.692. The van der Waals surface area contributed by atoms with Crippen LogP contribution in [0.2, 0.25) is 0 Å². The van der Waals surface area contributed by atoms with Crippen molar-refractivity contribution in [3.8, 4) is 17.2 Å². The van der Waals surface area contributed by atoms with Crippen LogP contribution < -0.4 is 14.8 Å². The van der Waals surface area contributed by atoms with Gasteiger partial charge in [-0.05, 0) is 18.2 Å². The summed E-state index contributed by atoms with van der Waals surface area (Å²) in [4.78, 5) is 24.3. The molecule has 29 heavy (non-hydrogen) atoms. The fourth-order valence-electron chi connectivity index (χ4n) is 3.80. The molecule has 148 valence electrons. The third kappa shape index (κ3) is 3.20. The number of carbonyl (C=O) groups excluding carboxylic acids is 1. The monoisotopic (exact) mass is 392 g/mol. The lowest BCUT2D eigenvalue weighted by Gasteiger charge is -2.27. The maximum absolute atomic E-state index is 12.5. The van der Waals surface area contributed by atoms with E-state index in [-0.39, 0.29) is 23.8 Å². The summed E-state index contributed by atoms with van der Waals surface area (Å²) < 4.78 is 12.7. The van der Waals surface area contributed by atoms with Crippen molar-refractivity contribution in [3.05, 3.63) is 71.5 Å². The van der Waals surface area contributed by atoms with Crippen molar-refractivity contribution < 1.29 is 24.2 Å². The van der Waals surface area contributed by atoms with E-state index < -0.39 is 5.97 Å². The molecule has 0 fully saturated rings. The van der Waals surface area contributed by atoms with Crippen LogP contribution in [0.1, 0.15) is 34.0 Å². The Labute approximate surface area is 167 Å². The number of nitrogens with one attached hydrogen (secondary N) is 1. The molecule has 3 aromatic rings. The SMILES string of the molecule is COc1ccc(C2CC(=O)Nc3c(C(=O)O)cn(-c4ccccc4)c32)c(OC)c1. The van der Waals surface area contributed by atoms with Gasteiger partial charge in [-0.3, -0.25) is 4.79 Å². The summed E-state index contributed by atoms with van der Waals surface area (Å²) in [5.74, 6) is -0.511. The normalized spacial score (nSPS) is 15.4. The molecule has 2 heterocycles. The predicted molar refractivity (Wildman–Crippen MR) is 107 cm³/mol. The lowest BCUT2D eigenvalue weighted by molar-refractivity contribution is -0.116. The van der Waals surface area contributed by atoms with Gasteiger partial charge in [0.2, 0.25) is 5.91 Å². The van der Waals surface area contributed by atoms with E-state index in [1.54, 1.807) is 32.5 Å². The number of amides is 1. The number of ether oxygens (including phenoxy) is 2. The van der Waals surface area contributed by atoms with Crippen molar-refractivity contribution in [1.82, 2.24) is 4.57 Å². The first kappa shape index (κ1) is 18.6. The number of methoxy groups -OCH3 is 2. The number of aromatic carboxylic acids is 1. The molecule has 0 spiro atoms. The van der Waals surface area contributed by atoms with E-state index in [4.69, 9.17) is 9.47 Å². The largest absolute Gasteiger partial charge is 0.497 e. The van der Waals surface area contributed by atoms with E-state index >= 15 is 0 Å². The number of benzene rings is 2. The topological polar surface area (TPSA) is 89.8 Å². The standard InChI is InChI=1S/C22H20N2O5/c1-28-14-8-9-15(18(10-14)29-2)16-11-19(25)23-20-17(22(26)27)12-24(21(16)20)13-6-4-3-5-7-13/h3-10,12,16H,11H2,1-2H3,(H,23,25)(H,26,27). The van der Waals surface area contributed by atoms with Gasteiger partial charge in [-0.15, -0.1) is 0 Å². The predicted octanol–water partition coefficient (Wildman–Crippen LogP) is 3.67. The van der Waals surface area contributed by atoms with Gasteiger partial charge in [-0.1, -0.05) is 24.3 Å². The van der Waals surface area contributed by atoms with E-state index in [1.807, 2.05) is 41.0 Å². The molecule has 0 radical (unpaired) electrons. The number of rotatable bonds is 5. The average Bonchev–Trinajstić information content (AvgIpc) is 3.13. The van der Waals surface area contributed by atoms with Crippen molar-refractivity contribution in [2.24, 2.45) is 0 Å². The van der Waals surface area contributed by atoms with Crippen LogP contribution in [0.5, 0.6) is 11.5 Å². The third-order valence-corrected chi connectivity index (χ3v) is 5.11. The zero-order chi connectivity index (χ0) is 20.5. The molecule has 2 N–H and O–H groups in total. The Bertz CT molecular complexity index is 1090. The van der Waals surface area contributed by atoms with Crippen molar-refractivity contribution in [2.45, 2.75) is 12.3 Å². The molecule has 0 bridgehead atoms. The van der Waals surface area contributed by atoms with Gasteiger partial charge in [0.05, 0.1) is 25.6 Å². The Balaban J connectivity index is 1.97. The van der Waals surface area contributed by atoms with Gasteiger partial charge in [0.15, 0.2) is 0 Å². The van der Waals surface area contributed by atoms with E-state index in [1.165, 1.54) is 0 Å². The smallest absolute Gasteiger partial charge is 0.339 e. The molecule has 0 saturated heterocycles. The van der Waals surface area contributed by atoms with Crippen molar-refractivity contribution in [1.29, 1.82) is 0 Å². The number of hydrogen-bond acceptors (Lipinski definition) is 4. The summed E-state index contributed by atoms with van der Waals surface area (Å²) >= 11 is 0. The highest BCUT2D eigenvalue weighted by Gasteiger charge is 2.35. The summed E-state index contributed by atoms with van der Waals surface area (Å²) in [5.41, 5.74) is 2.67. The van der Waals surface area contributed by atoms with Crippen molar-refractivity contribution in [3.63, 3.8) is 0 Å². The summed E-state index contributed by atoms with van der Waals surface area (Å²) in [6.07, 6.45) is 1.72. The highest BCUT2D eigenvalue weighted by molar-refractivity contribution is 6.04. The minimum Gasteiger partial charge on any atom is -0.497 e. The second-order valence-corrected chi connectivity index (χ2v) is 6.73. The number of hydrogen-bond donors (Lipinski definition) is 2. The van der Waals surface area contributed by atoms with Gasteiger partial charge in [0.25, 0.3) is 0 Å². The van der Waals surface area contributed by atoms with Gasteiger partial charge in [-0.25, -0.2) is 4.79 Å². The van der Waals surface area contributed by atoms with Crippen LogP contribution in [-0.4, -0.2) is 35.8 Å². The third-order valence-electron chi connectivity index (χ3n) is 5.11. The fraction of sp³-hybridized carbons (Fsp3) is 0.182. The summed E-state index contributed by atoms with van der Waals surface area (Å²) in [5, 5.41) is 12.5. The molecule has 1 unspecified atom stereocenters. The van der Waals surface area contributed by atoms with Gasteiger partial charge in [0, 0.05) is 35.9 Å². The lowest BCUT2D eigenvalue weighted by atomic mass is 9.87. The molecule has 0 aliphatic carbocycles. The summed E-state index contributed by atoms with van der Waals surface area (Å²) in [7, 11) is 3.13. The first-order valence-electron chi connectivity index (χ1n) is 9.09. The molecule has 1 aromatic heterocycles. The van der Waals surface area contributed by atoms with E-state index in [0.29, 0.717) is 22.9 Å². The minimum absolute atomic E-state index is 0.0504. The van der Waals surface area contributed by atoms with Gasteiger partial charge < -0.3 is 24.5 Å². The van der Waals surface area contributed by atoms with E-state index in [9.17, 15) is 14.7 Å².